The normalized spacial score (nSPS) is 22.1. The summed E-state index contributed by atoms with van der Waals surface area (Å²) in [5, 5.41) is 3.27. The summed E-state index contributed by atoms with van der Waals surface area (Å²) in [4.78, 5) is 24.0. The number of esters is 1. The number of ether oxygens (including phenoxy) is 1. The Morgan fingerprint density at radius 1 is 1.41 bits per heavy atom. The predicted octanol–water partition coefficient (Wildman–Crippen LogP) is 3.12. The van der Waals surface area contributed by atoms with E-state index >= 15 is 0 Å². The third-order valence-corrected chi connectivity index (χ3v) is 4.27. The molecule has 0 aliphatic heterocycles. The number of nitrogens with one attached hydrogen (secondary N) is 1. The molecule has 0 saturated heterocycles. The molecular formula is C17H22ClNO3. The maximum absolute atomic E-state index is 12.0. The van der Waals surface area contributed by atoms with Crippen molar-refractivity contribution in [2.45, 2.75) is 51.7 Å². The van der Waals surface area contributed by atoms with Crippen LogP contribution in [0.2, 0.25) is 5.02 Å². The molecule has 1 amide bonds. The van der Waals surface area contributed by atoms with Crippen LogP contribution in [-0.4, -0.2) is 24.0 Å². The minimum absolute atomic E-state index is 0.0141. The van der Waals surface area contributed by atoms with Crippen LogP contribution in [0.15, 0.2) is 24.3 Å². The van der Waals surface area contributed by atoms with Gasteiger partial charge in [-0.25, -0.2) is 4.79 Å². The number of carbonyl (C=O) groups is 2. The molecule has 4 nitrogen and oxygen atoms in total. The van der Waals surface area contributed by atoms with Gasteiger partial charge in [0, 0.05) is 5.02 Å². The fourth-order valence-corrected chi connectivity index (χ4v) is 2.93. The Morgan fingerprint density at radius 3 is 2.82 bits per heavy atom. The lowest BCUT2D eigenvalue weighted by atomic mass is 10.1. The number of carbonyl (C=O) groups excluding carboxylic acids is 2. The van der Waals surface area contributed by atoms with Gasteiger partial charge in [-0.1, -0.05) is 30.7 Å². The number of amides is 1. The van der Waals surface area contributed by atoms with Crippen LogP contribution in [0.4, 0.5) is 0 Å². The van der Waals surface area contributed by atoms with Crippen LogP contribution in [0.5, 0.6) is 0 Å². The molecule has 0 radical (unpaired) electrons. The highest BCUT2D eigenvalue weighted by Crippen LogP contribution is 2.27. The molecule has 0 aromatic heterocycles. The van der Waals surface area contributed by atoms with Gasteiger partial charge in [0.1, 0.15) is 12.1 Å². The summed E-state index contributed by atoms with van der Waals surface area (Å²) >= 11 is 5.89. The fraction of sp³-hybridized carbons (Fsp3) is 0.529. The van der Waals surface area contributed by atoms with Crippen molar-refractivity contribution in [3.8, 4) is 0 Å². The molecule has 1 N–H and O–H groups in total. The zero-order valence-corrected chi connectivity index (χ0v) is 13.7. The SMILES string of the molecule is CC(NC(=O)Cc1cccc(Cl)c1)C(=O)OC1CCCC1C. The topological polar surface area (TPSA) is 55.4 Å². The summed E-state index contributed by atoms with van der Waals surface area (Å²) in [5.74, 6) is -0.178. The number of hydrogen-bond acceptors (Lipinski definition) is 3. The summed E-state index contributed by atoms with van der Waals surface area (Å²) in [5.41, 5.74) is 0.815. The van der Waals surface area contributed by atoms with Crippen LogP contribution >= 0.6 is 11.6 Å². The van der Waals surface area contributed by atoms with E-state index in [9.17, 15) is 9.59 Å². The lowest BCUT2D eigenvalue weighted by Crippen LogP contribution is -2.41. The van der Waals surface area contributed by atoms with Crippen molar-refractivity contribution in [1.82, 2.24) is 5.32 Å². The van der Waals surface area contributed by atoms with E-state index in [0.29, 0.717) is 10.9 Å². The highest BCUT2D eigenvalue weighted by Gasteiger charge is 2.28. The highest BCUT2D eigenvalue weighted by molar-refractivity contribution is 6.30. The zero-order chi connectivity index (χ0) is 16.1. The van der Waals surface area contributed by atoms with E-state index in [1.807, 2.05) is 6.07 Å². The van der Waals surface area contributed by atoms with E-state index < -0.39 is 6.04 Å². The quantitative estimate of drug-likeness (QED) is 0.847. The molecular weight excluding hydrogens is 302 g/mol. The van der Waals surface area contributed by atoms with E-state index in [0.717, 1.165) is 24.8 Å². The van der Waals surface area contributed by atoms with E-state index in [2.05, 4.69) is 12.2 Å². The molecule has 22 heavy (non-hydrogen) atoms. The number of halogens is 1. The standard InChI is InChI=1S/C17H22ClNO3/c1-11-5-3-8-15(11)22-17(21)12(2)19-16(20)10-13-6-4-7-14(18)9-13/h4,6-7,9,11-12,15H,3,5,8,10H2,1-2H3,(H,19,20). The molecule has 2 rings (SSSR count). The fourth-order valence-electron chi connectivity index (χ4n) is 2.72. The van der Waals surface area contributed by atoms with Gasteiger partial charge in [0.15, 0.2) is 0 Å². The Kier molecular flexibility index (Phi) is 5.83. The first-order chi connectivity index (χ1) is 10.5. The Hall–Kier alpha value is -1.55. The predicted molar refractivity (Wildman–Crippen MR) is 85.7 cm³/mol. The average molecular weight is 324 g/mol. The van der Waals surface area contributed by atoms with Gasteiger partial charge in [-0.05, 0) is 49.8 Å². The van der Waals surface area contributed by atoms with Crippen molar-refractivity contribution in [3.63, 3.8) is 0 Å². The van der Waals surface area contributed by atoms with Crippen molar-refractivity contribution < 1.29 is 14.3 Å². The molecule has 0 bridgehead atoms. The smallest absolute Gasteiger partial charge is 0.328 e. The molecule has 120 valence electrons. The maximum Gasteiger partial charge on any atom is 0.328 e. The van der Waals surface area contributed by atoms with Gasteiger partial charge in [-0.2, -0.15) is 0 Å². The third kappa shape index (κ3) is 4.73. The zero-order valence-electron chi connectivity index (χ0n) is 13.0. The second kappa shape index (κ2) is 7.63. The van der Waals surface area contributed by atoms with Crippen molar-refractivity contribution in [2.75, 3.05) is 0 Å². The van der Waals surface area contributed by atoms with Gasteiger partial charge in [0.25, 0.3) is 0 Å². The van der Waals surface area contributed by atoms with Gasteiger partial charge in [-0.3, -0.25) is 4.79 Å². The van der Waals surface area contributed by atoms with Gasteiger partial charge < -0.3 is 10.1 Å². The lowest BCUT2D eigenvalue weighted by Gasteiger charge is -2.20. The number of benzene rings is 1. The molecule has 1 aliphatic carbocycles. The average Bonchev–Trinajstić information content (AvgIpc) is 2.84. The first kappa shape index (κ1) is 16.8. The van der Waals surface area contributed by atoms with Crippen LogP contribution in [-0.2, 0) is 20.7 Å². The minimum Gasteiger partial charge on any atom is -0.461 e. The van der Waals surface area contributed by atoms with Crippen LogP contribution in [0.25, 0.3) is 0 Å². The van der Waals surface area contributed by atoms with E-state index in [1.165, 1.54) is 0 Å². The molecule has 1 aliphatic rings. The molecule has 3 atom stereocenters. The van der Waals surface area contributed by atoms with Crippen molar-refractivity contribution >= 4 is 23.5 Å². The van der Waals surface area contributed by atoms with Crippen molar-refractivity contribution in [1.29, 1.82) is 0 Å². The highest BCUT2D eigenvalue weighted by atomic mass is 35.5. The molecule has 0 heterocycles. The van der Waals surface area contributed by atoms with Crippen molar-refractivity contribution in [2.24, 2.45) is 5.92 Å². The van der Waals surface area contributed by atoms with Gasteiger partial charge in [0.2, 0.25) is 5.91 Å². The van der Waals surface area contributed by atoms with E-state index in [4.69, 9.17) is 16.3 Å². The Balaban J connectivity index is 1.81. The molecule has 0 spiro atoms. The summed E-state index contributed by atoms with van der Waals surface area (Å²) < 4.78 is 5.48. The molecule has 1 aromatic rings. The van der Waals surface area contributed by atoms with Gasteiger partial charge in [0.05, 0.1) is 6.42 Å². The summed E-state index contributed by atoms with van der Waals surface area (Å²) in [6.07, 6.45) is 3.27. The second-order valence-electron chi connectivity index (χ2n) is 5.98. The van der Waals surface area contributed by atoms with Crippen LogP contribution in [0.1, 0.15) is 38.7 Å². The third-order valence-electron chi connectivity index (χ3n) is 4.04. The minimum atomic E-state index is -0.639. The Labute approximate surface area is 136 Å². The van der Waals surface area contributed by atoms with Crippen LogP contribution < -0.4 is 5.32 Å². The van der Waals surface area contributed by atoms with Gasteiger partial charge >= 0.3 is 5.97 Å². The Morgan fingerprint density at radius 2 is 2.18 bits per heavy atom. The summed E-state index contributed by atoms with van der Waals surface area (Å²) in [6.45, 7) is 3.74. The van der Waals surface area contributed by atoms with E-state index in [1.54, 1.807) is 25.1 Å². The Bertz CT molecular complexity index is 546. The van der Waals surface area contributed by atoms with Crippen LogP contribution in [0.3, 0.4) is 0 Å². The first-order valence-electron chi connectivity index (χ1n) is 7.70. The maximum atomic E-state index is 12.0. The van der Waals surface area contributed by atoms with E-state index in [-0.39, 0.29) is 24.4 Å². The molecule has 1 fully saturated rings. The van der Waals surface area contributed by atoms with Gasteiger partial charge in [-0.15, -0.1) is 0 Å². The van der Waals surface area contributed by atoms with Crippen molar-refractivity contribution in [3.05, 3.63) is 34.9 Å². The summed E-state index contributed by atoms with van der Waals surface area (Å²) in [7, 11) is 0. The first-order valence-corrected chi connectivity index (χ1v) is 8.08. The molecule has 5 heteroatoms. The largest absolute Gasteiger partial charge is 0.461 e. The van der Waals surface area contributed by atoms with Crippen LogP contribution in [0, 0.1) is 5.92 Å². The molecule has 1 aromatic carbocycles. The summed E-state index contributed by atoms with van der Waals surface area (Å²) in [6, 6.07) is 6.48. The second-order valence-corrected chi connectivity index (χ2v) is 6.42. The number of hydrogen-bond donors (Lipinski definition) is 1. The molecule has 3 unspecified atom stereocenters. The monoisotopic (exact) mass is 323 g/mol. The number of rotatable bonds is 5. The lowest BCUT2D eigenvalue weighted by molar-refractivity contribution is -0.153. The molecule has 1 saturated carbocycles.